The van der Waals surface area contributed by atoms with Crippen LogP contribution in [-0.4, -0.2) is 29.7 Å². The van der Waals surface area contributed by atoms with E-state index in [-0.39, 0.29) is 24.9 Å². The van der Waals surface area contributed by atoms with Crippen LogP contribution in [0.1, 0.15) is 74.4 Å². The highest BCUT2D eigenvalue weighted by Gasteiger charge is 2.26. The van der Waals surface area contributed by atoms with Crippen molar-refractivity contribution in [1.29, 1.82) is 0 Å². The Bertz CT molecular complexity index is 972. The molecule has 6 heteroatoms. The quantitative estimate of drug-likeness (QED) is 0.466. The number of aryl methyl sites for hydroxylation is 1. The first kappa shape index (κ1) is 26.3. The normalized spacial score (nSPS) is 17.4. The maximum atomic E-state index is 13.6. The molecule has 0 bridgehead atoms. The fourth-order valence-corrected chi connectivity index (χ4v) is 5.05. The summed E-state index contributed by atoms with van der Waals surface area (Å²) in [5.41, 5.74) is 5.90. The Hall–Kier alpha value is -2.31. The number of rotatable bonds is 10. The Kier molecular flexibility index (Phi) is 9.20. The molecule has 3 N–H and O–H groups in total. The largest absolute Gasteiger partial charge is 0.390 e. The molecule has 0 aromatic heterocycles. The van der Waals surface area contributed by atoms with E-state index in [4.69, 9.17) is 0 Å². The number of halogens is 2. The van der Waals surface area contributed by atoms with Crippen LogP contribution in [0.15, 0.2) is 30.3 Å². The average molecular weight is 473 g/mol. The molecule has 3 atom stereocenters. The summed E-state index contributed by atoms with van der Waals surface area (Å²) in [6, 6.07) is 7.39. The van der Waals surface area contributed by atoms with E-state index in [1.165, 1.54) is 41.3 Å². The van der Waals surface area contributed by atoms with E-state index < -0.39 is 23.8 Å². The lowest BCUT2D eigenvalue weighted by Gasteiger charge is -2.32. The fraction of sp³-hybridized carbons (Fsp3) is 0.536. The number of nitrogens with one attached hydrogen (secondary N) is 2. The summed E-state index contributed by atoms with van der Waals surface area (Å²) in [6.07, 6.45) is 4.38. The first-order valence-electron chi connectivity index (χ1n) is 12.4. The number of hydrogen-bond acceptors (Lipinski definition) is 3. The van der Waals surface area contributed by atoms with Gasteiger partial charge in [0.15, 0.2) is 0 Å². The number of carbonyl (C=O) groups excluding carboxylic acids is 1. The van der Waals surface area contributed by atoms with Gasteiger partial charge in [-0.05, 0) is 84.4 Å². The van der Waals surface area contributed by atoms with Gasteiger partial charge in [0, 0.05) is 25.6 Å². The number of aliphatic hydroxyl groups excluding tert-OH is 1. The van der Waals surface area contributed by atoms with Crippen LogP contribution in [0, 0.1) is 17.6 Å². The van der Waals surface area contributed by atoms with E-state index in [0.29, 0.717) is 11.5 Å². The second-order valence-corrected chi connectivity index (χ2v) is 9.98. The number of amides is 1. The Labute approximate surface area is 202 Å². The van der Waals surface area contributed by atoms with Crippen LogP contribution < -0.4 is 10.6 Å². The fourth-order valence-electron chi connectivity index (χ4n) is 5.05. The van der Waals surface area contributed by atoms with Crippen molar-refractivity contribution in [2.75, 3.05) is 6.54 Å². The van der Waals surface area contributed by atoms with Gasteiger partial charge in [0.05, 0.1) is 12.1 Å². The van der Waals surface area contributed by atoms with Gasteiger partial charge in [-0.2, -0.15) is 0 Å². The summed E-state index contributed by atoms with van der Waals surface area (Å²) in [4.78, 5) is 11.8. The molecular formula is C28H38F2N2O2. The van der Waals surface area contributed by atoms with Crippen LogP contribution in [0.5, 0.6) is 0 Å². The van der Waals surface area contributed by atoms with Crippen molar-refractivity contribution < 1.29 is 18.7 Å². The summed E-state index contributed by atoms with van der Waals surface area (Å²) in [6.45, 7) is 8.30. The van der Waals surface area contributed by atoms with E-state index in [0.717, 1.165) is 38.2 Å². The average Bonchev–Trinajstić information content (AvgIpc) is 2.75. The zero-order chi connectivity index (χ0) is 24.8. The minimum Gasteiger partial charge on any atom is -0.390 e. The summed E-state index contributed by atoms with van der Waals surface area (Å²) in [5.74, 6) is -1.06. The second-order valence-electron chi connectivity index (χ2n) is 9.98. The van der Waals surface area contributed by atoms with Crippen molar-refractivity contribution in [2.24, 2.45) is 5.92 Å². The van der Waals surface area contributed by atoms with Gasteiger partial charge >= 0.3 is 0 Å². The van der Waals surface area contributed by atoms with Crippen LogP contribution in [0.2, 0.25) is 0 Å². The van der Waals surface area contributed by atoms with E-state index >= 15 is 0 Å². The zero-order valence-corrected chi connectivity index (χ0v) is 20.8. The molecule has 186 valence electrons. The first-order valence-corrected chi connectivity index (χ1v) is 12.4. The third-order valence-corrected chi connectivity index (χ3v) is 6.57. The minimum absolute atomic E-state index is 0.125. The second kappa shape index (κ2) is 11.9. The van der Waals surface area contributed by atoms with E-state index in [1.807, 2.05) is 0 Å². The third kappa shape index (κ3) is 7.09. The molecule has 1 aliphatic rings. The molecule has 0 radical (unpaired) electrons. The number of hydrogen-bond donors (Lipinski definition) is 3. The molecule has 3 rings (SSSR count). The molecule has 0 saturated heterocycles. The maximum absolute atomic E-state index is 13.6. The molecular weight excluding hydrogens is 434 g/mol. The Balaban J connectivity index is 1.76. The van der Waals surface area contributed by atoms with Crippen LogP contribution >= 0.6 is 0 Å². The van der Waals surface area contributed by atoms with Crippen LogP contribution in [0.4, 0.5) is 8.78 Å². The predicted octanol–water partition coefficient (Wildman–Crippen LogP) is 4.80. The predicted molar refractivity (Wildman–Crippen MR) is 132 cm³/mol. The van der Waals surface area contributed by atoms with Gasteiger partial charge in [0.2, 0.25) is 5.91 Å². The molecule has 0 saturated carbocycles. The van der Waals surface area contributed by atoms with Crippen LogP contribution in [0.3, 0.4) is 0 Å². The van der Waals surface area contributed by atoms with Crippen molar-refractivity contribution in [3.63, 3.8) is 0 Å². The molecule has 1 aliphatic carbocycles. The molecule has 0 heterocycles. The van der Waals surface area contributed by atoms with Gasteiger partial charge in [-0.3, -0.25) is 4.79 Å². The van der Waals surface area contributed by atoms with E-state index in [2.05, 4.69) is 43.5 Å². The van der Waals surface area contributed by atoms with Crippen molar-refractivity contribution in [1.82, 2.24) is 10.6 Å². The van der Waals surface area contributed by atoms with Gasteiger partial charge in [-0.25, -0.2) is 8.78 Å². The molecule has 0 aliphatic heterocycles. The van der Waals surface area contributed by atoms with Gasteiger partial charge in [-0.15, -0.1) is 0 Å². The summed E-state index contributed by atoms with van der Waals surface area (Å²) >= 11 is 0. The van der Waals surface area contributed by atoms with Crippen LogP contribution in [-0.2, 0) is 30.5 Å². The molecule has 2 aromatic carbocycles. The summed E-state index contributed by atoms with van der Waals surface area (Å²) in [7, 11) is 0. The number of carbonyl (C=O) groups is 1. The topological polar surface area (TPSA) is 61.4 Å². The Morgan fingerprint density at radius 2 is 1.79 bits per heavy atom. The smallest absolute Gasteiger partial charge is 0.217 e. The standard InChI is InChI=1S/C28H38F2N2O2/c1-5-19-10-21(9-17(2)3)24-7-6-8-26(25(24)13-19)31-16-28(34)27(32-18(4)33)14-20-11-22(29)15-23(30)12-20/h10-13,15,17,26-28,31,34H,5-9,14,16H2,1-4H3,(H,32,33). The van der Waals surface area contributed by atoms with Crippen molar-refractivity contribution in [3.05, 3.63) is 69.8 Å². The van der Waals surface area contributed by atoms with Gasteiger partial charge in [0.25, 0.3) is 0 Å². The molecule has 4 nitrogen and oxygen atoms in total. The van der Waals surface area contributed by atoms with Crippen molar-refractivity contribution >= 4 is 5.91 Å². The van der Waals surface area contributed by atoms with Crippen LogP contribution in [0.25, 0.3) is 0 Å². The zero-order valence-electron chi connectivity index (χ0n) is 20.8. The van der Waals surface area contributed by atoms with Gasteiger partial charge in [0.1, 0.15) is 11.6 Å². The molecule has 0 spiro atoms. The first-order chi connectivity index (χ1) is 16.2. The van der Waals surface area contributed by atoms with E-state index in [1.54, 1.807) is 0 Å². The van der Waals surface area contributed by atoms with Crippen molar-refractivity contribution in [3.8, 4) is 0 Å². The maximum Gasteiger partial charge on any atom is 0.217 e. The highest BCUT2D eigenvalue weighted by Crippen LogP contribution is 2.34. The number of aliphatic hydroxyl groups is 1. The number of fused-ring (bicyclic) bond motifs is 1. The highest BCUT2D eigenvalue weighted by molar-refractivity contribution is 5.73. The molecule has 2 aromatic rings. The monoisotopic (exact) mass is 472 g/mol. The molecule has 1 amide bonds. The lowest BCUT2D eigenvalue weighted by Crippen LogP contribution is -2.48. The Morgan fingerprint density at radius 1 is 1.09 bits per heavy atom. The van der Waals surface area contributed by atoms with E-state index in [9.17, 15) is 18.7 Å². The van der Waals surface area contributed by atoms with Crippen molar-refractivity contribution in [2.45, 2.75) is 84.4 Å². The highest BCUT2D eigenvalue weighted by atomic mass is 19.1. The number of benzene rings is 2. The van der Waals surface area contributed by atoms with Gasteiger partial charge in [-0.1, -0.05) is 32.9 Å². The molecule has 34 heavy (non-hydrogen) atoms. The molecule has 3 unspecified atom stereocenters. The summed E-state index contributed by atoms with van der Waals surface area (Å²) < 4.78 is 27.3. The third-order valence-electron chi connectivity index (χ3n) is 6.57. The van der Waals surface area contributed by atoms with Gasteiger partial charge < -0.3 is 15.7 Å². The summed E-state index contributed by atoms with van der Waals surface area (Å²) in [5, 5.41) is 17.2. The molecule has 0 fully saturated rings. The lowest BCUT2D eigenvalue weighted by molar-refractivity contribution is -0.120. The Morgan fingerprint density at radius 3 is 2.41 bits per heavy atom. The lowest BCUT2D eigenvalue weighted by atomic mass is 9.81. The minimum atomic E-state index is -0.912. The SMILES string of the molecule is CCc1cc(CC(C)C)c2c(c1)C(NCC(O)C(Cc1cc(F)cc(F)c1)NC(C)=O)CCC2.